The molecule has 0 N–H and O–H groups in total. The molecule has 2 rings (SSSR count). The third-order valence-corrected chi connectivity index (χ3v) is 5.28. The fraction of sp³-hybridized carbons (Fsp3) is 0.647. The number of hydrogen-bond donors (Lipinski definition) is 0. The van der Waals surface area contributed by atoms with Gasteiger partial charge in [0.15, 0.2) is 0 Å². The van der Waals surface area contributed by atoms with Gasteiger partial charge in [-0.3, -0.25) is 0 Å². The highest BCUT2D eigenvalue weighted by atomic mass is 35.5. The molecule has 0 saturated carbocycles. The molecule has 1 aliphatic heterocycles. The van der Waals surface area contributed by atoms with E-state index in [4.69, 9.17) is 16.3 Å². The summed E-state index contributed by atoms with van der Waals surface area (Å²) in [5, 5.41) is 0.0750. The second-order valence-electron chi connectivity index (χ2n) is 5.85. The van der Waals surface area contributed by atoms with Crippen molar-refractivity contribution in [3.63, 3.8) is 0 Å². The Balaban J connectivity index is 2.41. The van der Waals surface area contributed by atoms with E-state index in [0.717, 1.165) is 19.4 Å². The van der Waals surface area contributed by atoms with Crippen LogP contribution < -0.4 is 0 Å². The Bertz CT molecular complexity index is 441. The fourth-order valence-corrected chi connectivity index (χ4v) is 3.91. The summed E-state index contributed by atoms with van der Waals surface area (Å²) in [5.41, 5.74) is 6.73. The van der Waals surface area contributed by atoms with Crippen LogP contribution in [0.1, 0.15) is 53.0 Å². The summed E-state index contributed by atoms with van der Waals surface area (Å²) < 4.78 is 5.81. The summed E-state index contributed by atoms with van der Waals surface area (Å²) in [6, 6.07) is 2.26. The molecular weight excluding hydrogens is 256 g/mol. The summed E-state index contributed by atoms with van der Waals surface area (Å²) in [6.07, 6.45) is 2.46. The summed E-state index contributed by atoms with van der Waals surface area (Å²) in [7, 11) is 0. The van der Waals surface area contributed by atoms with E-state index < -0.39 is 0 Å². The molecule has 1 saturated heterocycles. The fourth-order valence-electron chi connectivity index (χ4n) is 3.30. The van der Waals surface area contributed by atoms with Gasteiger partial charge in [0.25, 0.3) is 0 Å². The predicted octanol–water partition coefficient (Wildman–Crippen LogP) is 5.02. The molecule has 106 valence electrons. The molecule has 0 aliphatic carbocycles. The molecule has 19 heavy (non-hydrogen) atoms. The summed E-state index contributed by atoms with van der Waals surface area (Å²) in [5.74, 6) is 0.449. The number of rotatable bonds is 3. The van der Waals surface area contributed by atoms with Crippen LogP contribution in [0, 0.1) is 33.6 Å². The van der Waals surface area contributed by atoms with Crippen molar-refractivity contribution < 1.29 is 4.74 Å². The lowest BCUT2D eigenvalue weighted by atomic mass is 9.84. The monoisotopic (exact) mass is 280 g/mol. The van der Waals surface area contributed by atoms with Crippen LogP contribution in [0.3, 0.4) is 0 Å². The quantitative estimate of drug-likeness (QED) is 0.707. The first kappa shape index (κ1) is 14.9. The van der Waals surface area contributed by atoms with Crippen LogP contribution in [-0.4, -0.2) is 12.7 Å². The number of halogens is 1. The van der Waals surface area contributed by atoms with Crippen molar-refractivity contribution in [1.82, 2.24) is 0 Å². The lowest BCUT2D eigenvalue weighted by Crippen LogP contribution is -2.20. The Labute approximate surface area is 122 Å². The molecule has 0 amide bonds. The number of ether oxygens (including phenoxy) is 1. The van der Waals surface area contributed by atoms with Gasteiger partial charge in [0, 0.05) is 12.5 Å². The van der Waals surface area contributed by atoms with Gasteiger partial charge in [-0.1, -0.05) is 13.0 Å². The van der Waals surface area contributed by atoms with Crippen LogP contribution in [-0.2, 0) is 4.74 Å². The van der Waals surface area contributed by atoms with E-state index in [9.17, 15) is 0 Å². The lowest BCUT2D eigenvalue weighted by Gasteiger charge is -2.26. The highest BCUT2D eigenvalue weighted by Crippen LogP contribution is 2.42. The van der Waals surface area contributed by atoms with Crippen LogP contribution in [0.5, 0.6) is 0 Å². The minimum atomic E-state index is 0.0750. The first-order valence-corrected chi connectivity index (χ1v) is 7.74. The van der Waals surface area contributed by atoms with Crippen molar-refractivity contribution in [2.45, 2.75) is 58.9 Å². The smallest absolute Gasteiger partial charge is 0.0644 e. The second kappa shape index (κ2) is 5.85. The standard InChI is InChI=1S/C17H25ClO/c1-6-15-14(7-8-19-15)17(18)16-12(4)10(2)9-11(3)13(16)5/h9,14-15,17H,6-8H2,1-5H3. The number of aryl methyl sites for hydroxylation is 2. The molecular formula is C17H25ClO. The van der Waals surface area contributed by atoms with Gasteiger partial charge in [0.2, 0.25) is 0 Å². The molecule has 3 unspecified atom stereocenters. The van der Waals surface area contributed by atoms with Gasteiger partial charge >= 0.3 is 0 Å². The van der Waals surface area contributed by atoms with Crippen LogP contribution >= 0.6 is 11.6 Å². The Morgan fingerprint density at radius 2 is 1.79 bits per heavy atom. The zero-order chi connectivity index (χ0) is 14.2. The van der Waals surface area contributed by atoms with Gasteiger partial charge in [-0.15, -0.1) is 11.6 Å². The molecule has 1 aromatic carbocycles. The first-order valence-electron chi connectivity index (χ1n) is 7.30. The van der Waals surface area contributed by atoms with Crippen LogP contribution in [0.2, 0.25) is 0 Å². The van der Waals surface area contributed by atoms with Crippen molar-refractivity contribution in [3.05, 3.63) is 33.9 Å². The normalized spacial score (nSPS) is 24.7. The van der Waals surface area contributed by atoms with Crippen molar-refractivity contribution in [2.24, 2.45) is 5.92 Å². The SMILES string of the molecule is CCC1OCCC1C(Cl)c1c(C)c(C)cc(C)c1C. The van der Waals surface area contributed by atoms with Gasteiger partial charge in [0.1, 0.15) is 0 Å². The summed E-state index contributed by atoms with van der Waals surface area (Å²) >= 11 is 6.86. The highest BCUT2D eigenvalue weighted by Gasteiger charge is 2.35. The van der Waals surface area contributed by atoms with Crippen LogP contribution in [0.4, 0.5) is 0 Å². The van der Waals surface area contributed by atoms with Gasteiger partial charge in [-0.05, 0) is 68.4 Å². The van der Waals surface area contributed by atoms with Crippen LogP contribution in [0.15, 0.2) is 6.07 Å². The van der Waals surface area contributed by atoms with E-state index in [2.05, 4.69) is 40.7 Å². The maximum Gasteiger partial charge on any atom is 0.0644 e. The Morgan fingerprint density at radius 1 is 1.21 bits per heavy atom. The van der Waals surface area contributed by atoms with Crippen molar-refractivity contribution in [2.75, 3.05) is 6.61 Å². The lowest BCUT2D eigenvalue weighted by molar-refractivity contribution is 0.0864. The van der Waals surface area contributed by atoms with Gasteiger partial charge < -0.3 is 4.74 Å². The first-order chi connectivity index (χ1) is 8.97. The van der Waals surface area contributed by atoms with Crippen molar-refractivity contribution in [1.29, 1.82) is 0 Å². The zero-order valence-electron chi connectivity index (χ0n) is 12.7. The Hall–Kier alpha value is -0.530. The van der Waals surface area contributed by atoms with Crippen molar-refractivity contribution in [3.8, 4) is 0 Å². The number of alkyl halides is 1. The van der Waals surface area contributed by atoms with E-state index in [-0.39, 0.29) is 5.38 Å². The molecule has 0 radical (unpaired) electrons. The number of benzene rings is 1. The Kier molecular flexibility index (Phi) is 4.58. The number of hydrogen-bond acceptors (Lipinski definition) is 1. The maximum absolute atomic E-state index is 6.86. The minimum absolute atomic E-state index is 0.0750. The second-order valence-corrected chi connectivity index (χ2v) is 6.32. The summed E-state index contributed by atoms with van der Waals surface area (Å²) in [4.78, 5) is 0. The topological polar surface area (TPSA) is 9.23 Å². The van der Waals surface area contributed by atoms with E-state index >= 15 is 0 Å². The minimum Gasteiger partial charge on any atom is -0.378 e. The third-order valence-electron chi connectivity index (χ3n) is 4.74. The molecule has 1 heterocycles. The van der Waals surface area contributed by atoms with E-state index in [0.29, 0.717) is 12.0 Å². The van der Waals surface area contributed by atoms with Crippen LogP contribution in [0.25, 0.3) is 0 Å². The average Bonchev–Trinajstić information content (AvgIpc) is 2.84. The molecule has 1 aliphatic rings. The zero-order valence-corrected chi connectivity index (χ0v) is 13.5. The predicted molar refractivity (Wildman–Crippen MR) is 82.1 cm³/mol. The van der Waals surface area contributed by atoms with Gasteiger partial charge in [-0.2, -0.15) is 0 Å². The summed E-state index contributed by atoms with van der Waals surface area (Å²) in [6.45, 7) is 11.8. The van der Waals surface area contributed by atoms with Gasteiger partial charge in [0.05, 0.1) is 11.5 Å². The molecule has 0 aromatic heterocycles. The molecule has 3 atom stereocenters. The van der Waals surface area contributed by atoms with E-state index in [1.54, 1.807) is 0 Å². The molecule has 0 spiro atoms. The third kappa shape index (κ3) is 2.68. The molecule has 0 bridgehead atoms. The Morgan fingerprint density at radius 3 is 2.32 bits per heavy atom. The van der Waals surface area contributed by atoms with Gasteiger partial charge in [-0.25, -0.2) is 0 Å². The average molecular weight is 281 g/mol. The van der Waals surface area contributed by atoms with Crippen molar-refractivity contribution >= 4 is 11.6 Å². The molecule has 1 aromatic rings. The molecule has 1 fully saturated rings. The molecule has 2 heteroatoms. The largest absolute Gasteiger partial charge is 0.378 e. The van der Waals surface area contributed by atoms with E-state index in [1.165, 1.54) is 27.8 Å². The maximum atomic E-state index is 6.86. The highest BCUT2D eigenvalue weighted by molar-refractivity contribution is 6.21. The molecule has 1 nitrogen and oxygen atoms in total. The van der Waals surface area contributed by atoms with E-state index in [1.807, 2.05) is 0 Å².